The first-order chi connectivity index (χ1) is 9.04. The smallest absolute Gasteiger partial charge is 0.308 e. The molecule has 2 amide bonds. The van der Waals surface area contributed by atoms with Crippen LogP contribution < -0.4 is 10.6 Å². The minimum atomic E-state index is -0.350. The number of amides is 2. The van der Waals surface area contributed by atoms with Crippen molar-refractivity contribution in [1.82, 2.24) is 0 Å². The quantitative estimate of drug-likeness (QED) is 0.740. The zero-order chi connectivity index (χ0) is 13.8. The van der Waals surface area contributed by atoms with E-state index in [1.165, 1.54) is 0 Å². The molecule has 0 fully saturated rings. The Bertz CT molecular complexity index is 619. The van der Waals surface area contributed by atoms with Gasteiger partial charge in [-0.3, -0.25) is 0 Å². The van der Waals surface area contributed by atoms with Crippen molar-refractivity contribution in [3.05, 3.63) is 57.0 Å². The van der Waals surface area contributed by atoms with Gasteiger partial charge in [0, 0.05) is 15.8 Å². The molecule has 19 heavy (non-hydrogen) atoms. The van der Waals surface area contributed by atoms with Gasteiger partial charge in [-0.15, -0.1) is 0 Å². The van der Waals surface area contributed by atoms with Crippen LogP contribution in [0.1, 0.15) is 0 Å². The van der Waals surface area contributed by atoms with Gasteiger partial charge < -0.3 is 10.6 Å². The van der Waals surface area contributed by atoms with E-state index >= 15 is 0 Å². The average molecular weight is 360 g/mol. The molecule has 0 aliphatic rings. The summed E-state index contributed by atoms with van der Waals surface area (Å²) in [5, 5.41) is 6.21. The molecule has 0 aromatic heterocycles. The second-order valence-electron chi connectivity index (χ2n) is 3.72. The molecule has 3 nitrogen and oxygen atoms in total. The SMILES string of the molecule is O=C(Nc1cccc(Br)c1)Nc1ccc(Cl)c(Cl)c1. The second kappa shape index (κ2) is 6.28. The highest BCUT2D eigenvalue weighted by atomic mass is 79.9. The Morgan fingerprint density at radius 1 is 0.947 bits per heavy atom. The second-order valence-corrected chi connectivity index (χ2v) is 5.45. The topological polar surface area (TPSA) is 41.1 Å². The Morgan fingerprint density at radius 2 is 1.63 bits per heavy atom. The molecular formula is C13H9BrCl2N2O. The first kappa shape index (κ1) is 14.2. The van der Waals surface area contributed by atoms with Crippen LogP contribution in [0.25, 0.3) is 0 Å². The van der Waals surface area contributed by atoms with Crippen LogP contribution in [-0.4, -0.2) is 6.03 Å². The van der Waals surface area contributed by atoms with Crippen LogP contribution in [0.2, 0.25) is 10.0 Å². The van der Waals surface area contributed by atoms with Gasteiger partial charge in [-0.25, -0.2) is 4.79 Å². The molecular weight excluding hydrogens is 351 g/mol. The monoisotopic (exact) mass is 358 g/mol. The third kappa shape index (κ3) is 4.13. The summed E-state index contributed by atoms with van der Waals surface area (Å²) in [6, 6.07) is 11.8. The van der Waals surface area contributed by atoms with E-state index in [1.807, 2.05) is 12.1 Å². The van der Waals surface area contributed by atoms with Crippen molar-refractivity contribution in [3.8, 4) is 0 Å². The van der Waals surface area contributed by atoms with Crippen LogP contribution in [-0.2, 0) is 0 Å². The summed E-state index contributed by atoms with van der Waals surface area (Å²) in [6.07, 6.45) is 0. The Morgan fingerprint density at radius 3 is 2.26 bits per heavy atom. The number of rotatable bonds is 2. The minimum Gasteiger partial charge on any atom is -0.308 e. The molecule has 2 aromatic rings. The normalized spacial score (nSPS) is 10.1. The van der Waals surface area contributed by atoms with Crippen molar-refractivity contribution in [1.29, 1.82) is 0 Å². The van der Waals surface area contributed by atoms with E-state index in [0.29, 0.717) is 21.4 Å². The maximum Gasteiger partial charge on any atom is 0.323 e. The molecule has 98 valence electrons. The standard InChI is InChI=1S/C13H9BrCl2N2O/c14-8-2-1-3-9(6-8)17-13(19)18-10-4-5-11(15)12(16)7-10/h1-7H,(H2,17,18,19). The van der Waals surface area contributed by atoms with E-state index in [2.05, 4.69) is 26.6 Å². The summed E-state index contributed by atoms with van der Waals surface area (Å²) in [6.45, 7) is 0. The molecule has 0 radical (unpaired) electrons. The molecule has 0 aliphatic heterocycles. The number of urea groups is 1. The van der Waals surface area contributed by atoms with Crippen molar-refractivity contribution in [2.24, 2.45) is 0 Å². The fourth-order valence-electron chi connectivity index (χ4n) is 1.43. The zero-order valence-corrected chi connectivity index (χ0v) is 12.7. The fourth-order valence-corrected chi connectivity index (χ4v) is 2.13. The fraction of sp³-hybridized carbons (Fsp3) is 0. The Labute approximate surface area is 129 Å². The van der Waals surface area contributed by atoms with Crippen molar-refractivity contribution in [3.63, 3.8) is 0 Å². The largest absolute Gasteiger partial charge is 0.323 e. The van der Waals surface area contributed by atoms with Crippen molar-refractivity contribution in [2.75, 3.05) is 10.6 Å². The number of hydrogen-bond donors (Lipinski definition) is 2. The van der Waals surface area contributed by atoms with Gasteiger partial charge in [0.1, 0.15) is 0 Å². The van der Waals surface area contributed by atoms with Gasteiger partial charge in [-0.1, -0.05) is 45.2 Å². The first-order valence-electron chi connectivity index (χ1n) is 5.33. The molecule has 2 rings (SSSR count). The molecule has 6 heteroatoms. The Balaban J connectivity index is 2.03. The van der Waals surface area contributed by atoms with Crippen LogP contribution >= 0.6 is 39.1 Å². The number of carbonyl (C=O) groups excluding carboxylic acids is 1. The van der Waals surface area contributed by atoms with E-state index in [-0.39, 0.29) is 6.03 Å². The molecule has 2 aromatic carbocycles. The van der Waals surface area contributed by atoms with Crippen LogP contribution in [0.5, 0.6) is 0 Å². The summed E-state index contributed by atoms with van der Waals surface area (Å²) in [5.41, 5.74) is 1.26. The van der Waals surface area contributed by atoms with E-state index in [1.54, 1.807) is 30.3 Å². The van der Waals surface area contributed by atoms with Gasteiger partial charge in [0.05, 0.1) is 10.0 Å². The number of nitrogens with one attached hydrogen (secondary N) is 2. The summed E-state index contributed by atoms with van der Waals surface area (Å²) in [5.74, 6) is 0. The van der Waals surface area contributed by atoms with E-state index in [9.17, 15) is 4.79 Å². The molecule has 0 bridgehead atoms. The van der Waals surface area contributed by atoms with Gasteiger partial charge in [-0.05, 0) is 36.4 Å². The lowest BCUT2D eigenvalue weighted by Crippen LogP contribution is -2.19. The molecule has 0 saturated carbocycles. The van der Waals surface area contributed by atoms with Crippen LogP contribution in [0.15, 0.2) is 46.9 Å². The van der Waals surface area contributed by atoms with Crippen molar-refractivity contribution < 1.29 is 4.79 Å². The molecule has 2 N–H and O–H groups in total. The van der Waals surface area contributed by atoms with E-state index in [0.717, 1.165) is 4.47 Å². The molecule has 0 unspecified atom stereocenters. The highest BCUT2D eigenvalue weighted by molar-refractivity contribution is 9.10. The predicted octanol–water partition coefficient (Wildman–Crippen LogP) is 5.40. The Kier molecular flexibility index (Phi) is 4.69. The molecule has 0 atom stereocenters. The predicted molar refractivity (Wildman–Crippen MR) is 83.2 cm³/mol. The molecule has 0 spiro atoms. The van der Waals surface area contributed by atoms with Gasteiger partial charge in [0.2, 0.25) is 0 Å². The van der Waals surface area contributed by atoms with E-state index < -0.39 is 0 Å². The number of carbonyl (C=O) groups is 1. The first-order valence-corrected chi connectivity index (χ1v) is 6.88. The van der Waals surface area contributed by atoms with Gasteiger partial charge >= 0.3 is 6.03 Å². The lowest BCUT2D eigenvalue weighted by Gasteiger charge is -2.08. The van der Waals surface area contributed by atoms with Crippen LogP contribution in [0.4, 0.5) is 16.2 Å². The zero-order valence-electron chi connectivity index (χ0n) is 9.58. The molecule has 0 heterocycles. The third-order valence-electron chi connectivity index (χ3n) is 2.26. The summed E-state index contributed by atoms with van der Waals surface area (Å²) in [7, 11) is 0. The molecule has 0 saturated heterocycles. The average Bonchev–Trinajstić information content (AvgIpc) is 2.34. The lowest BCUT2D eigenvalue weighted by atomic mass is 10.3. The van der Waals surface area contributed by atoms with Crippen LogP contribution in [0, 0.1) is 0 Å². The third-order valence-corrected chi connectivity index (χ3v) is 3.49. The minimum absolute atomic E-state index is 0.350. The maximum atomic E-state index is 11.8. The number of benzene rings is 2. The Hall–Kier alpha value is -1.23. The number of halogens is 3. The van der Waals surface area contributed by atoms with Gasteiger partial charge in [0.15, 0.2) is 0 Å². The van der Waals surface area contributed by atoms with Gasteiger partial charge in [-0.2, -0.15) is 0 Å². The van der Waals surface area contributed by atoms with Crippen molar-refractivity contribution in [2.45, 2.75) is 0 Å². The summed E-state index contributed by atoms with van der Waals surface area (Å²) >= 11 is 15.0. The van der Waals surface area contributed by atoms with Gasteiger partial charge in [0.25, 0.3) is 0 Å². The van der Waals surface area contributed by atoms with E-state index in [4.69, 9.17) is 23.2 Å². The number of anilines is 2. The summed E-state index contributed by atoms with van der Waals surface area (Å²) < 4.78 is 0.889. The maximum absolute atomic E-state index is 11.8. The summed E-state index contributed by atoms with van der Waals surface area (Å²) in [4.78, 5) is 11.8. The highest BCUT2D eigenvalue weighted by Crippen LogP contribution is 2.25. The lowest BCUT2D eigenvalue weighted by molar-refractivity contribution is 0.262. The number of hydrogen-bond acceptors (Lipinski definition) is 1. The molecule has 0 aliphatic carbocycles. The van der Waals surface area contributed by atoms with Crippen molar-refractivity contribution >= 4 is 56.5 Å². The highest BCUT2D eigenvalue weighted by Gasteiger charge is 2.05. The van der Waals surface area contributed by atoms with Crippen LogP contribution in [0.3, 0.4) is 0 Å².